The summed E-state index contributed by atoms with van der Waals surface area (Å²) in [4.78, 5) is 2.12. The van der Waals surface area contributed by atoms with Gasteiger partial charge in [0.1, 0.15) is 5.75 Å². The maximum absolute atomic E-state index is 9.84. The van der Waals surface area contributed by atoms with Crippen LogP contribution >= 0.6 is 0 Å². The Hall–Kier alpha value is -2.63. The predicted octanol–water partition coefficient (Wildman–Crippen LogP) is 3.05. The van der Waals surface area contributed by atoms with E-state index in [-0.39, 0.29) is 12.6 Å². The molecule has 0 saturated carbocycles. The first-order chi connectivity index (χ1) is 12.2. The van der Waals surface area contributed by atoms with Crippen LogP contribution in [0, 0.1) is 0 Å². The van der Waals surface area contributed by atoms with Gasteiger partial charge in [0.15, 0.2) is 0 Å². The van der Waals surface area contributed by atoms with E-state index in [4.69, 9.17) is 4.74 Å². The normalized spacial score (nSPS) is 12.3. The molecule has 0 bridgehead atoms. The molecule has 0 aliphatic rings. The number of aliphatic hydroxyl groups is 1. The Balaban J connectivity index is 1.71. The molecule has 25 heavy (non-hydrogen) atoms. The summed E-state index contributed by atoms with van der Waals surface area (Å²) in [7, 11) is 3.65. The SMILES string of the molecule is COc1ccc(C(CO)N(C)Cc2cnn(-c3ccccc3)c2)cc1. The van der Waals surface area contributed by atoms with Gasteiger partial charge in [0.2, 0.25) is 0 Å². The standard InChI is InChI=1S/C20H23N3O2/c1-22(20(15-24)17-8-10-19(25-2)11-9-17)13-16-12-21-23(14-16)18-6-4-3-5-7-18/h3-12,14,20,24H,13,15H2,1-2H3. The molecule has 5 heteroatoms. The molecule has 0 amide bonds. The van der Waals surface area contributed by atoms with Crippen molar-refractivity contribution in [2.45, 2.75) is 12.6 Å². The molecule has 0 spiro atoms. The fraction of sp³-hybridized carbons (Fsp3) is 0.250. The first kappa shape index (κ1) is 17.2. The number of hydrogen-bond donors (Lipinski definition) is 1. The third kappa shape index (κ3) is 4.07. The number of hydrogen-bond acceptors (Lipinski definition) is 4. The smallest absolute Gasteiger partial charge is 0.118 e. The van der Waals surface area contributed by atoms with Gasteiger partial charge in [0.25, 0.3) is 0 Å². The monoisotopic (exact) mass is 337 g/mol. The highest BCUT2D eigenvalue weighted by Crippen LogP contribution is 2.23. The minimum Gasteiger partial charge on any atom is -0.497 e. The summed E-state index contributed by atoms with van der Waals surface area (Å²) in [6.07, 6.45) is 3.89. The average molecular weight is 337 g/mol. The van der Waals surface area contributed by atoms with Crippen LogP contribution in [0.3, 0.4) is 0 Å². The molecule has 130 valence electrons. The molecular formula is C20H23N3O2. The number of aliphatic hydroxyl groups excluding tert-OH is 1. The lowest BCUT2D eigenvalue weighted by molar-refractivity contribution is 0.142. The Morgan fingerprint density at radius 2 is 1.84 bits per heavy atom. The summed E-state index contributed by atoms with van der Waals surface area (Å²) in [5.74, 6) is 0.812. The predicted molar refractivity (Wildman–Crippen MR) is 97.9 cm³/mol. The number of aromatic nitrogens is 2. The molecule has 1 atom stereocenters. The Morgan fingerprint density at radius 3 is 2.48 bits per heavy atom. The van der Waals surface area contributed by atoms with Crippen molar-refractivity contribution in [3.8, 4) is 11.4 Å². The zero-order chi connectivity index (χ0) is 17.6. The lowest BCUT2D eigenvalue weighted by atomic mass is 10.1. The van der Waals surface area contributed by atoms with Gasteiger partial charge in [-0.25, -0.2) is 4.68 Å². The summed E-state index contributed by atoms with van der Waals surface area (Å²) < 4.78 is 7.06. The van der Waals surface area contributed by atoms with Gasteiger partial charge >= 0.3 is 0 Å². The largest absolute Gasteiger partial charge is 0.497 e. The van der Waals surface area contributed by atoms with E-state index >= 15 is 0 Å². The minimum absolute atomic E-state index is 0.0512. The van der Waals surface area contributed by atoms with E-state index in [0.29, 0.717) is 6.54 Å². The minimum atomic E-state index is -0.0778. The molecule has 3 rings (SSSR count). The van der Waals surface area contributed by atoms with Crippen LogP contribution in [0.15, 0.2) is 67.0 Å². The van der Waals surface area contributed by atoms with Crippen LogP contribution in [0.4, 0.5) is 0 Å². The molecule has 1 aromatic heterocycles. The number of ether oxygens (including phenoxy) is 1. The number of rotatable bonds is 7. The maximum Gasteiger partial charge on any atom is 0.118 e. The maximum atomic E-state index is 9.84. The number of benzene rings is 2. The van der Waals surface area contributed by atoms with E-state index < -0.39 is 0 Å². The fourth-order valence-corrected chi connectivity index (χ4v) is 2.89. The second kappa shape index (κ2) is 7.96. The quantitative estimate of drug-likeness (QED) is 0.720. The number of methoxy groups -OCH3 is 1. The lowest BCUT2D eigenvalue weighted by Crippen LogP contribution is -2.26. The van der Waals surface area contributed by atoms with Gasteiger partial charge < -0.3 is 9.84 Å². The van der Waals surface area contributed by atoms with Gasteiger partial charge in [-0.2, -0.15) is 5.10 Å². The van der Waals surface area contributed by atoms with Crippen molar-refractivity contribution >= 4 is 0 Å². The molecule has 0 aliphatic carbocycles. The highest BCUT2D eigenvalue weighted by molar-refractivity contribution is 5.31. The zero-order valence-corrected chi connectivity index (χ0v) is 14.5. The van der Waals surface area contributed by atoms with Crippen molar-refractivity contribution < 1.29 is 9.84 Å². The van der Waals surface area contributed by atoms with Crippen LogP contribution in [0.5, 0.6) is 5.75 Å². The summed E-state index contributed by atoms with van der Waals surface area (Å²) >= 11 is 0. The zero-order valence-electron chi connectivity index (χ0n) is 14.5. The van der Waals surface area contributed by atoms with E-state index in [2.05, 4.69) is 10.00 Å². The van der Waals surface area contributed by atoms with E-state index in [0.717, 1.165) is 22.6 Å². The summed E-state index contributed by atoms with van der Waals surface area (Å²) in [6, 6.07) is 17.8. The number of likely N-dealkylation sites (N-methyl/N-ethyl adjacent to an activating group) is 1. The van der Waals surface area contributed by atoms with Gasteiger partial charge in [0.05, 0.1) is 31.6 Å². The second-order valence-electron chi connectivity index (χ2n) is 6.02. The van der Waals surface area contributed by atoms with Crippen molar-refractivity contribution in [3.05, 3.63) is 78.1 Å². The van der Waals surface area contributed by atoms with Gasteiger partial charge in [-0.05, 0) is 36.9 Å². The van der Waals surface area contributed by atoms with Crippen LogP contribution in [-0.4, -0.2) is 40.6 Å². The number of nitrogens with zero attached hydrogens (tertiary/aromatic N) is 3. The van der Waals surface area contributed by atoms with Gasteiger partial charge in [-0.3, -0.25) is 4.90 Å². The Labute approximate surface area is 148 Å². The topological polar surface area (TPSA) is 50.5 Å². The highest BCUT2D eigenvalue weighted by Gasteiger charge is 2.17. The second-order valence-corrected chi connectivity index (χ2v) is 6.02. The van der Waals surface area contributed by atoms with Crippen LogP contribution in [0.2, 0.25) is 0 Å². The highest BCUT2D eigenvalue weighted by atomic mass is 16.5. The van der Waals surface area contributed by atoms with Crippen LogP contribution in [0.25, 0.3) is 5.69 Å². The van der Waals surface area contributed by atoms with E-state index in [9.17, 15) is 5.11 Å². The molecule has 2 aromatic carbocycles. The van der Waals surface area contributed by atoms with Crippen LogP contribution in [0.1, 0.15) is 17.2 Å². The van der Waals surface area contributed by atoms with E-state index in [1.807, 2.05) is 78.7 Å². The van der Waals surface area contributed by atoms with E-state index in [1.165, 1.54) is 0 Å². The number of para-hydroxylation sites is 1. The molecule has 1 N–H and O–H groups in total. The average Bonchev–Trinajstić information content (AvgIpc) is 3.12. The summed E-state index contributed by atoms with van der Waals surface area (Å²) in [6.45, 7) is 0.750. The lowest BCUT2D eigenvalue weighted by Gasteiger charge is -2.26. The van der Waals surface area contributed by atoms with Gasteiger partial charge in [-0.15, -0.1) is 0 Å². The van der Waals surface area contributed by atoms with Gasteiger partial charge in [-0.1, -0.05) is 30.3 Å². The summed E-state index contributed by atoms with van der Waals surface area (Å²) in [5.41, 5.74) is 3.19. The van der Waals surface area contributed by atoms with Crippen molar-refractivity contribution in [1.82, 2.24) is 14.7 Å². The molecule has 0 saturated heterocycles. The third-order valence-corrected chi connectivity index (χ3v) is 4.29. The molecule has 3 aromatic rings. The van der Waals surface area contributed by atoms with Crippen molar-refractivity contribution in [2.75, 3.05) is 20.8 Å². The first-order valence-corrected chi connectivity index (χ1v) is 8.25. The third-order valence-electron chi connectivity index (χ3n) is 4.29. The fourth-order valence-electron chi connectivity index (χ4n) is 2.89. The molecular weight excluding hydrogens is 314 g/mol. The van der Waals surface area contributed by atoms with Gasteiger partial charge in [0, 0.05) is 18.3 Å². The molecule has 1 heterocycles. The van der Waals surface area contributed by atoms with Crippen molar-refractivity contribution in [1.29, 1.82) is 0 Å². The molecule has 5 nitrogen and oxygen atoms in total. The van der Waals surface area contributed by atoms with Crippen LogP contribution in [-0.2, 0) is 6.54 Å². The molecule has 0 fully saturated rings. The molecule has 0 aliphatic heterocycles. The molecule has 0 radical (unpaired) electrons. The molecule has 1 unspecified atom stereocenters. The van der Waals surface area contributed by atoms with Crippen molar-refractivity contribution in [3.63, 3.8) is 0 Å². The van der Waals surface area contributed by atoms with Crippen LogP contribution < -0.4 is 4.74 Å². The Bertz CT molecular complexity index is 784. The first-order valence-electron chi connectivity index (χ1n) is 8.25. The summed E-state index contributed by atoms with van der Waals surface area (Å²) in [5, 5.41) is 14.3. The van der Waals surface area contributed by atoms with Crippen molar-refractivity contribution in [2.24, 2.45) is 0 Å². The Morgan fingerprint density at radius 1 is 1.12 bits per heavy atom. The Kier molecular flexibility index (Phi) is 5.48. The van der Waals surface area contributed by atoms with E-state index in [1.54, 1.807) is 7.11 Å².